The molecule has 0 radical (unpaired) electrons. The Labute approximate surface area is 546 Å². The SMILES string of the molecule is CCCCCCCC(=O)NCCCC[C@H](NC(=O)[C@H](Cc1c[nH]c2ccccc12)NC(=O)[C@H](CCCN=C(N)N)NC(=O)[C@H](Cc1c[nH]c2ccccc12)NC(=O)[C@H](CCCN=C(N)N)NC(=O)[C@@H](Cc1c[nH]c2ccccc12)NC(=O)[C@H](N)CCCN=C(N)N)C(N)=O. The molecular weight excluding hydrogens is 1200 g/mol. The molecule has 0 saturated heterocycles. The number of nitrogens with zero attached hydrogens (tertiary/aromatic N) is 3. The van der Waals surface area contributed by atoms with Gasteiger partial charge in [0.15, 0.2) is 17.9 Å². The van der Waals surface area contributed by atoms with Gasteiger partial charge in [0.1, 0.15) is 36.3 Å². The standard InChI is InChI=1S/C65H95N21O8/c1-2-3-4-5-6-28-55(87)74-29-14-13-25-49(56(67)88)81-60(92)53(34-40-37-79-47-23-11-8-19-43(40)47)85-58(90)51(27-17-32-77-65(72)73)83-62(94)54(35-41-38-80-48-24-12-9-20-44(41)48)86-59(91)50(26-16-31-76-64(70)71)82-61(93)52(33-39-36-78-46-22-10-7-18-42(39)46)84-57(89)45(66)21-15-30-75-63(68)69/h7-12,18-20,22-24,36-38,45,49-54,78-80H,2-6,13-17,21,25-35,66H2,1H3,(H2,67,88)(H,74,87)(H,81,92)(H,82,93)(H,83,94)(H,84,89)(H,85,90)(H,86,91)(H4,68,69,75)(H4,70,71,76)(H4,72,73,77)/t45-,49+,50+,51+,52-,53+,54+/m1/s1. The average molecular weight is 1300 g/mol. The Morgan fingerprint density at radius 1 is 0.404 bits per heavy atom. The monoisotopic (exact) mass is 1300 g/mol. The Balaban J connectivity index is 1.28. The molecule has 0 unspecified atom stereocenters. The van der Waals surface area contributed by atoms with Gasteiger partial charge < -0.3 is 98.0 Å². The van der Waals surface area contributed by atoms with Crippen molar-refractivity contribution >= 4 is 97.8 Å². The zero-order valence-corrected chi connectivity index (χ0v) is 53.5. The first kappa shape index (κ1) is 72.9. The van der Waals surface area contributed by atoms with Crippen LogP contribution in [0.1, 0.15) is 120 Å². The van der Waals surface area contributed by atoms with Crippen molar-refractivity contribution in [3.8, 4) is 0 Å². The van der Waals surface area contributed by atoms with E-state index in [9.17, 15) is 24.0 Å². The van der Waals surface area contributed by atoms with Crippen molar-refractivity contribution in [3.05, 3.63) is 108 Å². The summed E-state index contributed by atoms with van der Waals surface area (Å²) in [6.45, 7) is 2.79. The molecule has 6 aromatic rings. The van der Waals surface area contributed by atoms with Crippen LogP contribution in [0.3, 0.4) is 0 Å². The molecule has 0 saturated carbocycles. The van der Waals surface area contributed by atoms with E-state index >= 15 is 14.4 Å². The minimum atomic E-state index is -1.46. The van der Waals surface area contributed by atoms with E-state index in [1.165, 1.54) is 0 Å². The molecule has 94 heavy (non-hydrogen) atoms. The molecule has 3 aromatic carbocycles. The van der Waals surface area contributed by atoms with E-state index in [1.807, 2.05) is 72.8 Å². The number of hydrogen-bond donors (Lipinski definition) is 18. The summed E-state index contributed by atoms with van der Waals surface area (Å²) in [5, 5.41) is 22.1. The zero-order valence-electron chi connectivity index (χ0n) is 53.5. The van der Waals surface area contributed by atoms with Crippen LogP contribution in [-0.4, -0.2) is 149 Å². The third kappa shape index (κ3) is 23.8. The fourth-order valence-electron chi connectivity index (χ4n) is 11.0. The molecule has 0 aliphatic carbocycles. The second-order valence-electron chi connectivity index (χ2n) is 23.4. The lowest BCUT2D eigenvalue weighted by molar-refractivity contribution is -0.135. The first-order valence-electron chi connectivity index (χ1n) is 32.2. The lowest BCUT2D eigenvalue weighted by Gasteiger charge is -2.28. The zero-order chi connectivity index (χ0) is 67.9. The number of rotatable bonds is 42. The van der Waals surface area contributed by atoms with Crippen LogP contribution in [0.2, 0.25) is 0 Å². The molecule has 8 amide bonds. The summed E-state index contributed by atoms with van der Waals surface area (Å²) in [5.41, 5.74) is 50.1. The number of carbonyl (C=O) groups is 8. The van der Waals surface area contributed by atoms with Gasteiger partial charge in [-0.1, -0.05) is 87.2 Å². The maximum Gasteiger partial charge on any atom is 0.243 e. The molecule has 508 valence electrons. The Hall–Kier alpha value is -10.2. The van der Waals surface area contributed by atoms with E-state index in [0.29, 0.717) is 48.9 Å². The number of aromatic nitrogens is 3. The summed E-state index contributed by atoms with van der Waals surface area (Å²) >= 11 is 0. The van der Waals surface area contributed by atoms with E-state index < -0.39 is 83.6 Å². The summed E-state index contributed by atoms with van der Waals surface area (Å²) in [7, 11) is 0. The van der Waals surface area contributed by atoms with Crippen LogP contribution in [-0.2, 0) is 57.6 Å². The van der Waals surface area contributed by atoms with Crippen molar-refractivity contribution < 1.29 is 38.4 Å². The highest BCUT2D eigenvalue weighted by atomic mass is 16.2. The summed E-state index contributed by atoms with van der Waals surface area (Å²) < 4.78 is 0. The molecule has 7 atom stereocenters. The smallest absolute Gasteiger partial charge is 0.243 e. The second kappa shape index (κ2) is 38.0. The van der Waals surface area contributed by atoms with Crippen molar-refractivity contribution in [3.63, 3.8) is 0 Å². The van der Waals surface area contributed by atoms with Crippen molar-refractivity contribution in [1.82, 2.24) is 52.2 Å². The number of aliphatic imine (C=N–C) groups is 3. The number of unbranched alkanes of at least 4 members (excludes halogenated alkanes) is 5. The summed E-state index contributed by atoms with van der Waals surface area (Å²) in [5.74, 6) is -6.03. The highest BCUT2D eigenvalue weighted by Crippen LogP contribution is 2.23. The average Bonchev–Trinajstić information content (AvgIpc) is 1.67. The number of para-hydroxylation sites is 3. The van der Waals surface area contributed by atoms with Gasteiger partial charge in [0.05, 0.1) is 6.04 Å². The molecule has 6 rings (SSSR count). The third-order valence-electron chi connectivity index (χ3n) is 16.1. The largest absolute Gasteiger partial charge is 0.370 e. The molecule has 0 bridgehead atoms. The van der Waals surface area contributed by atoms with E-state index in [1.54, 1.807) is 18.6 Å². The first-order chi connectivity index (χ1) is 45.2. The van der Waals surface area contributed by atoms with Crippen LogP contribution in [0.5, 0.6) is 0 Å². The number of guanidine groups is 3. The number of nitrogens with two attached hydrogens (primary N) is 8. The quantitative estimate of drug-likeness (QED) is 0.0142. The van der Waals surface area contributed by atoms with Gasteiger partial charge >= 0.3 is 0 Å². The Morgan fingerprint density at radius 2 is 0.755 bits per heavy atom. The Morgan fingerprint density at radius 3 is 1.16 bits per heavy atom. The number of H-pyrrole nitrogens is 3. The van der Waals surface area contributed by atoms with Gasteiger partial charge in [-0.25, -0.2) is 0 Å². The summed E-state index contributed by atoms with van der Waals surface area (Å²) in [4.78, 5) is 136. The maximum atomic E-state index is 15.2. The Bertz CT molecular complexity index is 3560. The van der Waals surface area contributed by atoms with Gasteiger partial charge in [-0.2, -0.15) is 0 Å². The van der Waals surface area contributed by atoms with Gasteiger partial charge in [0.25, 0.3) is 0 Å². The van der Waals surface area contributed by atoms with Gasteiger partial charge in [0.2, 0.25) is 47.3 Å². The predicted molar refractivity (Wildman–Crippen MR) is 365 cm³/mol. The first-order valence-corrected chi connectivity index (χ1v) is 32.2. The van der Waals surface area contributed by atoms with Crippen molar-refractivity contribution in [2.24, 2.45) is 60.8 Å². The number of carbonyl (C=O) groups excluding carboxylic acids is 8. The number of hydrogen-bond acceptors (Lipinski definition) is 12. The van der Waals surface area contributed by atoms with Crippen LogP contribution in [0.15, 0.2) is 106 Å². The van der Waals surface area contributed by atoms with Crippen LogP contribution < -0.4 is 83.1 Å². The summed E-state index contributed by atoms with van der Waals surface area (Å²) in [6.07, 6.45) is 12.1. The number of fused-ring (bicyclic) bond motifs is 3. The lowest BCUT2D eigenvalue weighted by Crippen LogP contribution is -2.60. The van der Waals surface area contributed by atoms with E-state index in [-0.39, 0.29) is 101 Å². The number of primary amides is 1. The normalized spacial score (nSPS) is 13.4. The Kier molecular flexibility index (Phi) is 29.4. The fourth-order valence-corrected chi connectivity index (χ4v) is 11.0. The topological polar surface area (TPSA) is 513 Å². The molecule has 0 aliphatic heterocycles. The number of benzene rings is 3. The minimum absolute atomic E-state index is 0.0358. The molecule has 29 nitrogen and oxygen atoms in total. The highest BCUT2D eigenvalue weighted by Gasteiger charge is 2.35. The molecule has 0 spiro atoms. The van der Waals surface area contributed by atoms with Gasteiger partial charge in [-0.15, -0.1) is 0 Å². The second-order valence-corrected chi connectivity index (χ2v) is 23.4. The molecule has 0 aliphatic rings. The van der Waals surface area contributed by atoms with E-state index in [0.717, 1.165) is 64.8 Å². The number of amides is 8. The molecule has 29 heteroatoms. The van der Waals surface area contributed by atoms with Gasteiger partial charge in [-0.3, -0.25) is 53.3 Å². The maximum absolute atomic E-state index is 15.2. The third-order valence-corrected chi connectivity index (χ3v) is 16.1. The molecule has 26 N–H and O–H groups in total. The van der Waals surface area contributed by atoms with Gasteiger partial charge in [-0.05, 0) is 99.1 Å². The van der Waals surface area contributed by atoms with Crippen LogP contribution in [0.4, 0.5) is 0 Å². The number of nitrogens with one attached hydrogen (secondary N) is 10. The lowest BCUT2D eigenvalue weighted by atomic mass is 10.0. The molecule has 3 aromatic heterocycles. The van der Waals surface area contributed by atoms with Gasteiger partial charge in [0, 0.05) is 103 Å². The van der Waals surface area contributed by atoms with Crippen LogP contribution >= 0.6 is 0 Å². The molecular formula is C65H95N21O8. The minimum Gasteiger partial charge on any atom is -0.370 e. The number of aromatic amines is 3. The van der Waals surface area contributed by atoms with Crippen LogP contribution in [0.25, 0.3) is 32.7 Å². The molecule has 0 fully saturated rings. The summed E-state index contributed by atoms with van der Waals surface area (Å²) in [6, 6.07) is 12.9. The fraction of sp³-hybridized carbons (Fsp3) is 0.462. The van der Waals surface area contributed by atoms with Crippen molar-refractivity contribution in [2.75, 3.05) is 26.2 Å². The highest BCUT2D eigenvalue weighted by molar-refractivity contribution is 5.99. The van der Waals surface area contributed by atoms with Crippen LogP contribution in [0, 0.1) is 0 Å². The van der Waals surface area contributed by atoms with Crippen molar-refractivity contribution in [2.45, 2.75) is 165 Å². The molecule has 3 heterocycles. The van der Waals surface area contributed by atoms with E-state index in [2.05, 4.69) is 74.1 Å². The van der Waals surface area contributed by atoms with E-state index in [4.69, 9.17) is 45.9 Å². The predicted octanol–water partition coefficient (Wildman–Crippen LogP) is 0.688. The van der Waals surface area contributed by atoms with Crippen molar-refractivity contribution in [1.29, 1.82) is 0 Å².